The van der Waals surface area contributed by atoms with Gasteiger partial charge in [-0.1, -0.05) is 51.1 Å². The molecule has 1 aromatic heterocycles. The molecular formula is C22H24N2O. The number of nitrogens with zero attached hydrogens (tertiary/aromatic N) is 1. The minimum absolute atomic E-state index is 0.103. The van der Waals surface area contributed by atoms with Crippen LogP contribution in [0.1, 0.15) is 48.0 Å². The average Bonchev–Trinajstić information content (AvgIpc) is 2.98. The van der Waals surface area contributed by atoms with Gasteiger partial charge < -0.3 is 9.88 Å². The third kappa shape index (κ3) is 2.84. The number of amides is 1. The second-order valence-electron chi connectivity index (χ2n) is 7.93. The number of rotatable bonds is 1. The van der Waals surface area contributed by atoms with E-state index in [9.17, 15) is 4.79 Å². The second-order valence-corrected chi connectivity index (χ2v) is 7.93. The Labute approximate surface area is 148 Å². The molecule has 1 N–H and O–H groups in total. The maximum absolute atomic E-state index is 12.9. The van der Waals surface area contributed by atoms with Gasteiger partial charge in [0, 0.05) is 47.2 Å². The number of fused-ring (bicyclic) bond motifs is 3. The van der Waals surface area contributed by atoms with Crippen molar-refractivity contribution in [3.8, 4) is 0 Å². The van der Waals surface area contributed by atoms with Gasteiger partial charge in [0.05, 0.1) is 0 Å². The fourth-order valence-corrected chi connectivity index (χ4v) is 3.64. The van der Waals surface area contributed by atoms with Crippen molar-refractivity contribution in [2.45, 2.75) is 39.2 Å². The standard InChI is InChI=1S/C22H24N2O/c1-22(2,3)16-10-8-15(9-11-16)21(25)24-13-12-20-18(14-24)17-6-4-5-7-19(17)23-20/h4-11,23H,12-14H2,1-3H3. The number of carbonyl (C=O) groups excluding carboxylic acids is 1. The van der Waals surface area contributed by atoms with Gasteiger partial charge in [0.15, 0.2) is 0 Å². The highest BCUT2D eigenvalue weighted by molar-refractivity contribution is 5.95. The Bertz CT molecular complexity index is 929. The van der Waals surface area contributed by atoms with Crippen molar-refractivity contribution in [3.05, 3.63) is 70.9 Å². The van der Waals surface area contributed by atoms with E-state index in [0.717, 1.165) is 24.0 Å². The highest BCUT2D eigenvalue weighted by atomic mass is 16.2. The van der Waals surface area contributed by atoms with Crippen LogP contribution in [-0.4, -0.2) is 22.3 Å². The van der Waals surface area contributed by atoms with Crippen molar-refractivity contribution in [2.24, 2.45) is 0 Å². The molecule has 0 saturated carbocycles. The molecule has 4 rings (SSSR count). The molecule has 3 nitrogen and oxygen atoms in total. The van der Waals surface area contributed by atoms with Crippen molar-refractivity contribution in [1.29, 1.82) is 0 Å². The Morgan fingerprint density at radius 2 is 1.76 bits per heavy atom. The van der Waals surface area contributed by atoms with E-state index in [1.165, 1.54) is 22.2 Å². The number of para-hydroxylation sites is 1. The van der Waals surface area contributed by atoms with Crippen LogP contribution in [0.5, 0.6) is 0 Å². The monoisotopic (exact) mass is 332 g/mol. The molecule has 1 amide bonds. The van der Waals surface area contributed by atoms with E-state index >= 15 is 0 Å². The fourth-order valence-electron chi connectivity index (χ4n) is 3.64. The molecule has 3 heteroatoms. The highest BCUT2D eigenvalue weighted by Crippen LogP contribution is 2.28. The van der Waals surface area contributed by atoms with Crippen molar-refractivity contribution in [2.75, 3.05) is 6.54 Å². The van der Waals surface area contributed by atoms with Gasteiger partial charge >= 0.3 is 0 Å². The lowest BCUT2D eigenvalue weighted by molar-refractivity contribution is 0.0735. The maximum Gasteiger partial charge on any atom is 0.254 e. The summed E-state index contributed by atoms with van der Waals surface area (Å²) in [6.07, 6.45) is 0.885. The molecule has 0 unspecified atom stereocenters. The zero-order chi connectivity index (χ0) is 17.6. The van der Waals surface area contributed by atoms with Gasteiger partial charge in [-0.3, -0.25) is 4.79 Å². The first-order valence-corrected chi connectivity index (χ1v) is 8.92. The molecule has 2 aromatic carbocycles. The normalized spacial score (nSPS) is 14.6. The first-order chi connectivity index (χ1) is 11.9. The molecule has 0 aliphatic carbocycles. The number of aromatic amines is 1. The smallest absolute Gasteiger partial charge is 0.254 e. The van der Waals surface area contributed by atoms with E-state index in [1.807, 2.05) is 23.1 Å². The Balaban J connectivity index is 1.60. The van der Waals surface area contributed by atoms with Gasteiger partial charge in [0.25, 0.3) is 5.91 Å². The predicted octanol–water partition coefficient (Wildman–Crippen LogP) is 4.66. The second kappa shape index (κ2) is 5.76. The summed E-state index contributed by atoms with van der Waals surface area (Å²) in [5, 5.41) is 1.23. The van der Waals surface area contributed by atoms with E-state index in [1.54, 1.807) is 0 Å². The lowest BCUT2D eigenvalue weighted by Crippen LogP contribution is -2.35. The van der Waals surface area contributed by atoms with Crippen LogP contribution in [0.25, 0.3) is 10.9 Å². The van der Waals surface area contributed by atoms with Crippen LogP contribution in [0.4, 0.5) is 0 Å². The molecule has 1 aliphatic rings. The Morgan fingerprint density at radius 3 is 2.48 bits per heavy atom. The molecule has 3 aromatic rings. The number of H-pyrrole nitrogens is 1. The first kappa shape index (κ1) is 15.9. The Kier molecular flexibility index (Phi) is 3.68. The lowest BCUT2D eigenvalue weighted by atomic mass is 9.86. The largest absolute Gasteiger partial charge is 0.358 e. The lowest BCUT2D eigenvalue weighted by Gasteiger charge is -2.27. The number of hydrogen-bond donors (Lipinski definition) is 1. The summed E-state index contributed by atoms with van der Waals surface area (Å²) >= 11 is 0. The number of hydrogen-bond acceptors (Lipinski definition) is 1. The molecule has 1 aliphatic heterocycles. The molecular weight excluding hydrogens is 308 g/mol. The molecule has 0 spiro atoms. The maximum atomic E-state index is 12.9. The summed E-state index contributed by atoms with van der Waals surface area (Å²) in [6.45, 7) is 8.01. The summed E-state index contributed by atoms with van der Waals surface area (Å²) in [5.41, 5.74) is 5.83. The Morgan fingerprint density at radius 1 is 1.04 bits per heavy atom. The summed E-state index contributed by atoms with van der Waals surface area (Å²) in [7, 11) is 0. The van der Waals surface area contributed by atoms with Gasteiger partial charge in [0.2, 0.25) is 0 Å². The molecule has 0 fully saturated rings. The zero-order valence-corrected chi connectivity index (χ0v) is 15.1. The van der Waals surface area contributed by atoms with E-state index in [-0.39, 0.29) is 11.3 Å². The van der Waals surface area contributed by atoms with Gasteiger partial charge in [-0.2, -0.15) is 0 Å². The minimum Gasteiger partial charge on any atom is -0.358 e. The average molecular weight is 332 g/mol. The van der Waals surface area contributed by atoms with Crippen LogP contribution in [0, 0.1) is 0 Å². The van der Waals surface area contributed by atoms with E-state index in [4.69, 9.17) is 0 Å². The molecule has 2 heterocycles. The van der Waals surface area contributed by atoms with Crippen LogP contribution in [0.2, 0.25) is 0 Å². The highest BCUT2D eigenvalue weighted by Gasteiger charge is 2.25. The molecule has 0 radical (unpaired) electrons. The quantitative estimate of drug-likeness (QED) is 0.691. The summed E-state index contributed by atoms with van der Waals surface area (Å²) in [6, 6.07) is 16.4. The number of nitrogens with one attached hydrogen (secondary N) is 1. The molecule has 128 valence electrons. The Hall–Kier alpha value is -2.55. The van der Waals surface area contributed by atoms with Crippen LogP contribution < -0.4 is 0 Å². The van der Waals surface area contributed by atoms with Gasteiger partial charge in [-0.25, -0.2) is 0 Å². The zero-order valence-electron chi connectivity index (χ0n) is 15.1. The number of benzene rings is 2. The van der Waals surface area contributed by atoms with Crippen LogP contribution >= 0.6 is 0 Å². The summed E-state index contributed by atoms with van der Waals surface area (Å²) in [5.74, 6) is 0.122. The van der Waals surface area contributed by atoms with Gasteiger partial charge in [0.1, 0.15) is 0 Å². The third-order valence-electron chi connectivity index (χ3n) is 5.17. The molecule has 0 saturated heterocycles. The molecule has 0 atom stereocenters. The van der Waals surface area contributed by atoms with Crippen molar-refractivity contribution in [3.63, 3.8) is 0 Å². The van der Waals surface area contributed by atoms with Crippen molar-refractivity contribution in [1.82, 2.24) is 9.88 Å². The third-order valence-corrected chi connectivity index (χ3v) is 5.17. The molecule has 25 heavy (non-hydrogen) atoms. The fraction of sp³-hybridized carbons (Fsp3) is 0.318. The summed E-state index contributed by atoms with van der Waals surface area (Å²) in [4.78, 5) is 18.4. The van der Waals surface area contributed by atoms with Crippen LogP contribution in [0.3, 0.4) is 0 Å². The minimum atomic E-state index is 0.103. The van der Waals surface area contributed by atoms with Crippen molar-refractivity contribution >= 4 is 16.8 Å². The molecule has 0 bridgehead atoms. The summed E-state index contributed by atoms with van der Waals surface area (Å²) < 4.78 is 0. The van der Waals surface area contributed by atoms with Crippen LogP contribution in [-0.2, 0) is 18.4 Å². The van der Waals surface area contributed by atoms with E-state index in [2.05, 4.69) is 56.1 Å². The van der Waals surface area contributed by atoms with E-state index in [0.29, 0.717) is 6.54 Å². The topological polar surface area (TPSA) is 36.1 Å². The van der Waals surface area contributed by atoms with Crippen molar-refractivity contribution < 1.29 is 4.79 Å². The number of aromatic nitrogens is 1. The van der Waals surface area contributed by atoms with E-state index < -0.39 is 0 Å². The van der Waals surface area contributed by atoms with Crippen LogP contribution in [0.15, 0.2) is 48.5 Å². The first-order valence-electron chi connectivity index (χ1n) is 8.92. The van der Waals surface area contributed by atoms with Gasteiger partial charge in [-0.05, 0) is 29.2 Å². The number of carbonyl (C=O) groups is 1. The predicted molar refractivity (Wildman–Crippen MR) is 102 cm³/mol. The SMILES string of the molecule is CC(C)(C)c1ccc(C(=O)N2CCc3[nH]c4ccccc4c3C2)cc1. The van der Waals surface area contributed by atoms with Gasteiger partial charge in [-0.15, -0.1) is 0 Å².